The van der Waals surface area contributed by atoms with Crippen molar-refractivity contribution in [2.24, 2.45) is 0 Å². The van der Waals surface area contributed by atoms with E-state index in [0.717, 1.165) is 47.6 Å². The van der Waals surface area contributed by atoms with Crippen LogP contribution in [0.4, 0.5) is 10.6 Å². The number of aryl methyl sites for hydroxylation is 1. The molecule has 0 bridgehead atoms. The van der Waals surface area contributed by atoms with Crippen molar-refractivity contribution in [1.29, 1.82) is 0 Å². The SMILES string of the molecule is CC[C@H](CCc1cc(N(COCC[Si](C)(C)C)COCC[Si](C)(C)C)n2ncc(-c3ccc(Cl)nc3)c2n1)N(C)C(=O)OC(C)(C)C. The van der Waals surface area contributed by atoms with Gasteiger partial charge in [0.05, 0.1) is 6.20 Å². The standard InChI is InChI=1S/C34H57ClN6O4Si2/c1-12-28(39(5)33(42)45-34(2,3)4)15-14-27-21-31(41-32(38-27)29(23-37-41)26-13-16-30(35)36-22-26)40(24-43-17-19-46(6,7)8)25-44-18-20-47(9,10)11/h13,16,21-23,28H,12,14-15,17-20,24-25H2,1-11H3/t28-/m1/s1. The van der Waals surface area contributed by atoms with Crippen LogP contribution in [0, 0.1) is 0 Å². The Morgan fingerprint density at radius 3 is 2.13 bits per heavy atom. The topological polar surface area (TPSA) is 94.3 Å². The number of hydrogen-bond donors (Lipinski definition) is 0. The summed E-state index contributed by atoms with van der Waals surface area (Å²) in [6.07, 6.45) is 5.41. The number of nitrogens with zero attached hydrogens (tertiary/aromatic N) is 6. The van der Waals surface area contributed by atoms with E-state index in [1.54, 1.807) is 17.2 Å². The summed E-state index contributed by atoms with van der Waals surface area (Å²) in [4.78, 5) is 26.1. The minimum absolute atomic E-state index is 0.0120. The van der Waals surface area contributed by atoms with Gasteiger partial charge in [-0.15, -0.1) is 0 Å². The van der Waals surface area contributed by atoms with Gasteiger partial charge in [-0.3, -0.25) is 0 Å². The van der Waals surface area contributed by atoms with E-state index in [9.17, 15) is 4.79 Å². The molecule has 3 aromatic heterocycles. The van der Waals surface area contributed by atoms with E-state index in [1.165, 1.54) is 0 Å². The summed E-state index contributed by atoms with van der Waals surface area (Å²) in [5.41, 5.74) is 2.78. The number of fused-ring (bicyclic) bond motifs is 1. The zero-order chi connectivity index (χ0) is 35.0. The summed E-state index contributed by atoms with van der Waals surface area (Å²) >= 11 is 6.11. The van der Waals surface area contributed by atoms with E-state index in [4.69, 9.17) is 35.9 Å². The van der Waals surface area contributed by atoms with Gasteiger partial charge < -0.3 is 24.0 Å². The largest absolute Gasteiger partial charge is 0.444 e. The van der Waals surface area contributed by atoms with Crippen molar-refractivity contribution in [3.63, 3.8) is 0 Å². The van der Waals surface area contributed by atoms with Crippen LogP contribution < -0.4 is 4.90 Å². The number of halogens is 1. The highest BCUT2D eigenvalue weighted by atomic mass is 35.5. The first-order chi connectivity index (χ1) is 21.9. The minimum Gasteiger partial charge on any atom is -0.444 e. The molecule has 10 nitrogen and oxygen atoms in total. The lowest BCUT2D eigenvalue weighted by atomic mass is 10.1. The molecule has 262 valence electrons. The average Bonchev–Trinajstić information content (AvgIpc) is 3.38. The van der Waals surface area contributed by atoms with E-state index in [0.29, 0.717) is 43.9 Å². The lowest BCUT2D eigenvalue weighted by molar-refractivity contribution is 0.0210. The number of ether oxygens (including phenoxy) is 3. The zero-order valence-corrected chi connectivity index (χ0v) is 33.3. The van der Waals surface area contributed by atoms with Crippen LogP contribution in [0.1, 0.15) is 46.2 Å². The van der Waals surface area contributed by atoms with E-state index >= 15 is 0 Å². The number of pyridine rings is 1. The van der Waals surface area contributed by atoms with Crippen molar-refractivity contribution < 1.29 is 19.0 Å². The highest BCUT2D eigenvalue weighted by Crippen LogP contribution is 2.29. The molecule has 0 aromatic carbocycles. The average molecular weight is 705 g/mol. The quantitative estimate of drug-likeness (QED) is 0.0598. The number of carbonyl (C=O) groups excluding carboxylic acids is 1. The summed E-state index contributed by atoms with van der Waals surface area (Å²) in [5.74, 6) is 0.840. The Kier molecular flexibility index (Phi) is 13.9. The van der Waals surface area contributed by atoms with Crippen LogP contribution in [0.2, 0.25) is 56.5 Å². The zero-order valence-electron chi connectivity index (χ0n) is 30.5. The second kappa shape index (κ2) is 16.7. The van der Waals surface area contributed by atoms with Gasteiger partial charge in [0.2, 0.25) is 0 Å². The van der Waals surface area contributed by atoms with Gasteiger partial charge in [-0.2, -0.15) is 9.61 Å². The van der Waals surface area contributed by atoms with E-state index in [1.807, 2.05) is 44.6 Å². The normalized spacial score (nSPS) is 13.2. The summed E-state index contributed by atoms with van der Waals surface area (Å²) < 4.78 is 20.1. The maximum atomic E-state index is 12.9. The van der Waals surface area contributed by atoms with Gasteiger partial charge in [0, 0.05) is 71.5 Å². The number of amides is 1. The third-order valence-corrected chi connectivity index (χ3v) is 11.4. The summed E-state index contributed by atoms with van der Waals surface area (Å²) in [6.45, 7) is 24.0. The highest BCUT2D eigenvalue weighted by Gasteiger charge is 2.25. The predicted octanol–water partition coefficient (Wildman–Crippen LogP) is 8.45. The van der Waals surface area contributed by atoms with Gasteiger partial charge in [-0.25, -0.2) is 14.8 Å². The Labute approximate surface area is 289 Å². The molecule has 0 N–H and O–H groups in total. The Hall–Kier alpha value is -2.52. The second-order valence-electron chi connectivity index (χ2n) is 15.7. The number of anilines is 1. The Balaban J connectivity index is 1.99. The fourth-order valence-electron chi connectivity index (χ4n) is 4.83. The van der Waals surface area contributed by atoms with Crippen LogP contribution in [0.15, 0.2) is 30.6 Å². The fraction of sp³-hybridized carbons (Fsp3) is 0.647. The smallest absolute Gasteiger partial charge is 0.410 e. The van der Waals surface area contributed by atoms with E-state index < -0.39 is 21.7 Å². The maximum Gasteiger partial charge on any atom is 0.410 e. The van der Waals surface area contributed by atoms with Gasteiger partial charge >= 0.3 is 6.09 Å². The van der Waals surface area contributed by atoms with Crippen molar-refractivity contribution in [1.82, 2.24) is 24.5 Å². The van der Waals surface area contributed by atoms with Gasteiger partial charge in [0.15, 0.2) is 5.65 Å². The van der Waals surface area contributed by atoms with Crippen molar-refractivity contribution in [3.05, 3.63) is 41.4 Å². The molecule has 1 atom stereocenters. The molecule has 0 spiro atoms. The highest BCUT2D eigenvalue weighted by molar-refractivity contribution is 6.76. The lowest BCUT2D eigenvalue weighted by Gasteiger charge is -2.30. The van der Waals surface area contributed by atoms with Crippen LogP contribution in [-0.2, 0) is 20.6 Å². The first-order valence-corrected chi connectivity index (χ1v) is 24.5. The molecule has 1 amide bonds. The molecule has 0 aliphatic rings. The first-order valence-electron chi connectivity index (χ1n) is 16.7. The molecule has 13 heteroatoms. The molecule has 3 rings (SSSR count). The lowest BCUT2D eigenvalue weighted by Crippen LogP contribution is -2.40. The Bertz CT molecular complexity index is 1410. The Morgan fingerprint density at radius 1 is 1.00 bits per heavy atom. The van der Waals surface area contributed by atoms with Gasteiger partial charge in [0.25, 0.3) is 0 Å². The molecule has 3 aromatic rings. The Morgan fingerprint density at radius 2 is 1.62 bits per heavy atom. The molecule has 0 unspecified atom stereocenters. The molecule has 0 aliphatic carbocycles. The van der Waals surface area contributed by atoms with Crippen molar-refractivity contribution >= 4 is 45.3 Å². The molecular formula is C34H57ClN6O4Si2. The van der Waals surface area contributed by atoms with Crippen LogP contribution >= 0.6 is 11.6 Å². The first kappa shape index (κ1) is 38.9. The van der Waals surface area contributed by atoms with Crippen LogP contribution in [0.5, 0.6) is 0 Å². The number of carbonyl (C=O) groups is 1. The van der Waals surface area contributed by atoms with E-state index in [2.05, 4.69) is 62.2 Å². The predicted molar refractivity (Wildman–Crippen MR) is 198 cm³/mol. The van der Waals surface area contributed by atoms with Crippen molar-refractivity contribution in [2.75, 3.05) is 38.6 Å². The van der Waals surface area contributed by atoms with Crippen LogP contribution in [0.25, 0.3) is 16.8 Å². The van der Waals surface area contributed by atoms with Gasteiger partial charge in [-0.1, -0.05) is 57.8 Å². The molecule has 47 heavy (non-hydrogen) atoms. The van der Waals surface area contributed by atoms with E-state index in [-0.39, 0.29) is 12.1 Å². The van der Waals surface area contributed by atoms with Gasteiger partial charge in [0.1, 0.15) is 30.0 Å². The van der Waals surface area contributed by atoms with Crippen molar-refractivity contribution in [3.8, 4) is 11.1 Å². The minimum atomic E-state index is -1.26. The molecular weight excluding hydrogens is 648 g/mol. The second-order valence-corrected chi connectivity index (χ2v) is 27.3. The van der Waals surface area contributed by atoms with Crippen molar-refractivity contribution in [2.45, 2.75) is 110 Å². The number of hydrogen-bond acceptors (Lipinski definition) is 8. The molecule has 0 fully saturated rings. The third-order valence-electron chi connectivity index (χ3n) is 7.79. The summed E-state index contributed by atoms with van der Waals surface area (Å²) in [5, 5.41) is 5.22. The summed E-state index contributed by atoms with van der Waals surface area (Å²) in [6, 6.07) is 7.92. The molecule has 0 aliphatic heterocycles. The number of aromatic nitrogens is 4. The molecule has 0 saturated carbocycles. The fourth-order valence-corrected chi connectivity index (χ4v) is 6.46. The van der Waals surface area contributed by atoms with Crippen LogP contribution in [0.3, 0.4) is 0 Å². The molecule has 0 saturated heterocycles. The third kappa shape index (κ3) is 12.8. The number of rotatable bonds is 17. The van der Waals surface area contributed by atoms with Crippen LogP contribution in [-0.4, -0.2) is 92.1 Å². The molecule has 3 heterocycles. The van der Waals surface area contributed by atoms with Gasteiger partial charge in [-0.05, 0) is 64.3 Å². The summed E-state index contributed by atoms with van der Waals surface area (Å²) in [7, 11) is -0.706. The molecule has 0 radical (unpaired) electrons. The monoisotopic (exact) mass is 704 g/mol. The maximum absolute atomic E-state index is 12.9.